The quantitative estimate of drug-likeness (QED) is 0.370. The van der Waals surface area contributed by atoms with Crippen LogP contribution >= 0.6 is 22.6 Å². The SMILES string of the molecule is COCOc1cccc([N+](=O)[O-])c1I. The molecule has 0 saturated heterocycles. The maximum Gasteiger partial charge on any atom is 0.286 e. The third-order valence-corrected chi connectivity index (χ3v) is 2.56. The molecule has 0 spiro atoms. The minimum atomic E-state index is -0.443. The van der Waals surface area contributed by atoms with E-state index >= 15 is 0 Å². The summed E-state index contributed by atoms with van der Waals surface area (Å²) >= 11 is 1.87. The number of nitro groups is 1. The fourth-order valence-electron chi connectivity index (χ4n) is 0.874. The number of methoxy groups -OCH3 is 1. The third-order valence-electron chi connectivity index (χ3n) is 1.47. The Morgan fingerprint density at radius 1 is 1.57 bits per heavy atom. The summed E-state index contributed by atoms with van der Waals surface area (Å²) < 4.78 is 10.3. The molecule has 0 aliphatic heterocycles. The lowest BCUT2D eigenvalue weighted by Crippen LogP contribution is -2.01. The van der Waals surface area contributed by atoms with Crippen LogP contribution in [-0.4, -0.2) is 18.8 Å². The van der Waals surface area contributed by atoms with Crippen LogP contribution < -0.4 is 4.74 Å². The van der Waals surface area contributed by atoms with E-state index in [0.29, 0.717) is 9.32 Å². The van der Waals surface area contributed by atoms with Crippen LogP contribution in [0.25, 0.3) is 0 Å². The van der Waals surface area contributed by atoms with Crippen LogP contribution in [0.1, 0.15) is 0 Å². The third kappa shape index (κ3) is 2.55. The number of halogens is 1. The molecule has 0 unspecified atom stereocenters. The second kappa shape index (κ2) is 5.11. The Morgan fingerprint density at radius 2 is 2.29 bits per heavy atom. The van der Waals surface area contributed by atoms with Gasteiger partial charge in [0.25, 0.3) is 5.69 Å². The lowest BCUT2D eigenvalue weighted by atomic mass is 10.3. The lowest BCUT2D eigenvalue weighted by molar-refractivity contribution is -0.385. The van der Waals surface area contributed by atoms with Gasteiger partial charge in [0.15, 0.2) is 6.79 Å². The lowest BCUT2D eigenvalue weighted by Gasteiger charge is -2.06. The van der Waals surface area contributed by atoms with E-state index in [4.69, 9.17) is 9.47 Å². The molecular weight excluding hydrogens is 301 g/mol. The number of nitrogens with zero attached hydrogens (tertiary/aromatic N) is 1. The summed E-state index contributed by atoms with van der Waals surface area (Å²) in [6.45, 7) is 0.0805. The highest BCUT2D eigenvalue weighted by molar-refractivity contribution is 14.1. The van der Waals surface area contributed by atoms with Crippen LogP contribution in [-0.2, 0) is 4.74 Å². The first-order valence-electron chi connectivity index (χ1n) is 3.71. The number of hydrogen-bond acceptors (Lipinski definition) is 4. The minimum Gasteiger partial charge on any atom is -0.466 e. The first-order valence-corrected chi connectivity index (χ1v) is 4.79. The fourth-order valence-corrected chi connectivity index (χ4v) is 1.59. The van der Waals surface area contributed by atoms with Gasteiger partial charge in [-0.15, -0.1) is 0 Å². The van der Waals surface area contributed by atoms with Crippen molar-refractivity contribution in [2.24, 2.45) is 0 Å². The van der Waals surface area contributed by atoms with E-state index in [0.717, 1.165) is 0 Å². The second-order valence-electron chi connectivity index (χ2n) is 2.40. The minimum absolute atomic E-state index is 0.0409. The zero-order chi connectivity index (χ0) is 10.6. The maximum atomic E-state index is 10.6. The molecule has 0 amide bonds. The summed E-state index contributed by atoms with van der Waals surface area (Å²) in [6, 6.07) is 4.67. The Morgan fingerprint density at radius 3 is 2.86 bits per heavy atom. The molecule has 0 N–H and O–H groups in total. The van der Waals surface area contributed by atoms with Crippen molar-refractivity contribution in [3.8, 4) is 5.75 Å². The Kier molecular flexibility index (Phi) is 4.08. The van der Waals surface area contributed by atoms with E-state index in [2.05, 4.69) is 0 Å². The number of hydrogen-bond donors (Lipinski definition) is 0. The van der Waals surface area contributed by atoms with Crippen LogP contribution in [0.5, 0.6) is 5.75 Å². The van der Waals surface area contributed by atoms with Gasteiger partial charge in [-0.1, -0.05) is 6.07 Å². The van der Waals surface area contributed by atoms with E-state index in [1.807, 2.05) is 22.6 Å². The highest BCUT2D eigenvalue weighted by Crippen LogP contribution is 2.29. The number of nitro benzene ring substituents is 1. The van der Waals surface area contributed by atoms with Crippen molar-refractivity contribution in [1.82, 2.24) is 0 Å². The molecule has 76 valence electrons. The number of rotatable bonds is 4. The summed E-state index contributed by atoms with van der Waals surface area (Å²) in [6.07, 6.45) is 0. The standard InChI is InChI=1S/C8H8INO4/c1-13-5-14-7-4-2-3-6(8(7)9)10(11)12/h2-4H,5H2,1H3. The molecule has 5 nitrogen and oxygen atoms in total. The van der Waals surface area contributed by atoms with Gasteiger partial charge >= 0.3 is 0 Å². The molecular formula is C8H8INO4. The van der Waals surface area contributed by atoms with E-state index in [1.165, 1.54) is 13.2 Å². The van der Waals surface area contributed by atoms with Crippen molar-refractivity contribution in [2.75, 3.05) is 13.9 Å². The van der Waals surface area contributed by atoms with Gasteiger partial charge < -0.3 is 9.47 Å². The zero-order valence-electron chi connectivity index (χ0n) is 7.40. The maximum absolute atomic E-state index is 10.6. The molecule has 1 aromatic rings. The summed E-state index contributed by atoms with van der Waals surface area (Å²) in [4.78, 5) is 10.1. The van der Waals surface area contributed by atoms with Crippen LogP contribution in [0.2, 0.25) is 0 Å². The number of benzene rings is 1. The van der Waals surface area contributed by atoms with E-state index in [9.17, 15) is 10.1 Å². The van der Waals surface area contributed by atoms with Crippen molar-refractivity contribution in [3.05, 3.63) is 31.9 Å². The normalized spacial score (nSPS) is 9.86. The highest BCUT2D eigenvalue weighted by atomic mass is 127. The average Bonchev–Trinajstić information content (AvgIpc) is 2.16. The topological polar surface area (TPSA) is 61.6 Å². The first-order chi connectivity index (χ1) is 6.66. The number of ether oxygens (including phenoxy) is 2. The van der Waals surface area contributed by atoms with E-state index in [-0.39, 0.29) is 12.5 Å². The fraction of sp³-hybridized carbons (Fsp3) is 0.250. The molecule has 0 aromatic heterocycles. The van der Waals surface area contributed by atoms with Gasteiger partial charge in [-0.3, -0.25) is 10.1 Å². The molecule has 0 bridgehead atoms. The molecule has 0 aliphatic carbocycles. The van der Waals surface area contributed by atoms with Crippen LogP contribution in [0.3, 0.4) is 0 Å². The molecule has 0 radical (unpaired) electrons. The smallest absolute Gasteiger partial charge is 0.286 e. The van der Waals surface area contributed by atoms with E-state index in [1.54, 1.807) is 12.1 Å². The van der Waals surface area contributed by atoms with Crippen molar-refractivity contribution in [3.63, 3.8) is 0 Å². The van der Waals surface area contributed by atoms with Crippen LogP contribution in [0.4, 0.5) is 5.69 Å². The van der Waals surface area contributed by atoms with Crippen molar-refractivity contribution < 1.29 is 14.4 Å². The molecule has 1 rings (SSSR count). The van der Waals surface area contributed by atoms with Gasteiger partial charge in [-0.05, 0) is 28.7 Å². The van der Waals surface area contributed by atoms with Crippen molar-refractivity contribution in [2.45, 2.75) is 0 Å². The molecule has 14 heavy (non-hydrogen) atoms. The molecule has 0 heterocycles. The van der Waals surface area contributed by atoms with Gasteiger partial charge in [0, 0.05) is 13.2 Å². The van der Waals surface area contributed by atoms with Crippen molar-refractivity contribution in [1.29, 1.82) is 0 Å². The Bertz CT molecular complexity index is 342. The second-order valence-corrected chi connectivity index (χ2v) is 3.48. The Labute approximate surface area is 94.3 Å². The molecule has 0 fully saturated rings. The predicted octanol–water partition coefficient (Wildman–Crippen LogP) is 2.18. The first kappa shape index (κ1) is 11.2. The van der Waals surface area contributed by atoms with Crippen LogP contribution in [0.15, 0.2) is 18.2 Å². The van der Waals surface area contributed by atoms with Gasteiger partial charge in [-0.2, -0.15) is 0 Å². The molecule has 1 aromatic carbocycles. The predicted molar refractivity (Wildman–Crippen MR) is 58.3 cm³/mol. The summed E-state index contributed by atoms with van der Waals surface area (Å²) in [7, 11) is 1.49. The van der Waals surface area contributed by atoms with E-state index < -0.39 is 4.92 Å². The van der Waals surface area contributed by atoms with Gasteiger partial charge in [-0.25, -0.2) is 0 Å². The molecule has 0 atom stereocenters. The summed E-state index contributed by atoms with van der Waals surface area (Å²) in [5.74, 6) is 0.460. The molecule has 0 saturated carbocycles. The molecule has 6 heteroatoms. The van der Waals surface area contributed by atoms with Crippen molar-refractivity contribution >= 4 is 28.3 Å². The Balaban J connectivity index is 2.95. The van der Waals surface area contributed by atoms with Gasteiger partial charge in [0.2, 0.25) is 0 Å². The monoisotopic (exact) mass is 309 g/mol. The van der Waals surface area contributed by atoms with Crippen LogP contribution in [0, 0.1) is 13.7 Å². The largest absolute Gasteiger partial charge is 0.466 e. The summed E-state index contributed by atoms with van der Waals surface area (Å²) in [5.41, 5.74) is 0.0409. The average molecular weight is 309 g/mol. The van der Waals surface area contributed by atoms with Gasteiger partial charge in [0.05, 0.1) is 4.92 Å². The zero-order valence-corrected chi connectivity index (χ0v) is 9.55. The molecule has 0 aliphatic rings. The van der Waals surface area contributed by atoms with Gasteiger partial charge in [0.1, 0.15) is 9.32 Å². The Hall–Kier alpha value is -0.890. The summed E-state index contributed by atoms with van der Waals surface area (Å²) in [5, 5.41) is 10.6. The highest BCUT2D eigenvalue weighted by Gasteiger charge is 2.15.